The average Bonchev–Trinajstić information content (AvgIpc) is 2.44. The molecule has 1 aliphatic rings. The Labute approximate surface area is 130 Å². The van der Waals surface area contributed by atoms with Gasteiger partial charge < -0.3 is 20.1 Å². The topological polar surface area (TPSA) is 87.6 Å². The molecule has 2 heterocycles. The molecule has 1 aromatic heterocycles. The van der Waals surface area contributed by atoms with E-state index in [0.717, 1.165) is 25.9 Å². The lowest BCUT2D eigenvalue weighted by atomic mass is 9.98. The summed E-state index contributed by atoms with van der Waals surface area (Å²) in [7, 11) is 0. The molecule has 1 saturated heterocycles. The number of hydrogen-bond acceptors (Lipinski definition) is 6. The molecule has 0 aromatic carbocycles. The van der Waals surface area contributed by atoms with Crippen LogP contribution in [-0.4, -0.2) is 46.4 Å². The van der Waals surface area contributed by atoms with E-state index in [1.54, 1.807) is 0 Å². The van der Waals surface area contributed by atoms with Crippen LogP contribution in [-0.2, 0) is 4.74 Å². The molecule has 0 spiro atoms. The molecule has 7 heteroatoms. The first-order chi connectivity index (χ1) is 10.3. The number of carbonyl (C=O) groups excluding carboxylic acids is 1. The summed E-state index contributed by atoms with van der Waals surface area (Å²) in [6.07, 6.45) is 4.47. The standard InChI is InChI=1S/C15H24N4O3/c1-15(2,3)22-14(21)18-7-11-5-4-6-19(10-11)13-16-8-12(20)9-17-13/h8-9,11,20H,4-7,10H2,1-3H3,(H,18,21)/t11-/m1/s1. The van der Waals surface area contributed by atoms with Crippen LogP contribution in [0.15, 0.2) is 12.4 Å². The number of carbonyl (C=O) groups is 1. The zero-order valence-corrected chi connectivity index (χ0v) is 13.4. The highest BCUT2D eigenvalue weighted by Gasteiger charge is 2.23. The minimum absolute atomic E-state index is 0.0592. The molecule has 0 saturated carbocycles. The van der Waals surface area contributed by atoms with E-state index in [1.165, 1.54) is 12.4 Å². The lowest BCUT2D eigenvalue weighted by molar-refractivity contribution is 0.0517. The second-order valence-electron chi connectivity index (χ2n) is 6.58. The third-order valence-electron chi connectivity index (χ3n) is 3.36. The SMILES string of the molecule is CC(C)(C)OC(=O)NC[C@H]1CCCN(c2ncc(O)cn2)C1. The molecule has 2 rings (SSSR count). The molecule has 122 valence electrons. The number of amides is 1. The van der Waals surface area contributed by atoms with E-state index < -0.39 is 5.60 Å². The van der Waals surface area contributed by atoms with Gasteiger partial charge in [-0.1, -0.05) is 0 Å². The smallest absolute Gasteiger partial charge is 0.407 e. The van der Waals surface area contributed by atoms with Crippen LogP contribution in [0.4, 0.5) is 10.7 Å². The van der Waals surface area contributed by atoms with E-state index in [9.17, 15) is 9.90 Å². The summed E-state index contributed by atoms with van der Waals surface area (Å²) < 4.78 is 5.24. The summed E-state index contributed by atoms with van der Waals surface area (Å²) in [5.41, 5.74) is -0.484. The Morgan fingerprint density at radius 2 is 2.14 bits per heavy atom. The molecule has 2 N–H and O–H groups in total. The molecule has 1 amide bonds. The normalized spacial score (nSPS) is 18.9. The van der Waals surface area contributed by atoms with Crippen molar-refractivity contribution >= 4 is 12.0 Å². The number of ether oxygens (including phenoxy) is 1. The number of anilines is 1. The Kier molecular flexibility index (Phi) is 5.05. The number of aromatic nitrogens is 2. The van der Waals surface area contributed by atoms with Gasteiger partial charge in [-0.15, -0.1) is 0 Å². The molecule has 1 atom stereocenters. The Morgan fingerprint density at radius 3 is 2.77 bits per heavy atom. The molecule has 22 heavy (non-hydrogen) atoms. The van der Waals surface area contributed by atoms with E-state index in [4.69, 9.17) is 4.74 Å². The maximum Gasteiger partial charge on any atom is 0.407 e. The van der Waals surface area contributed by atoms with Gasteiger partial charge in [0.15, 0.2) is 5.75 Å². The van der Waals surface area contributed by atoms with Crippen molar-refractivity contribution in [2.24, 2.45) is 5.92 Å². The van der Waals surface area contributed by atoms with Crippen LogP contribution < -0.4 is 10.2 Å². The highest BCUT2D eigenvalue weighted by molar-refractivity contribution is 5.67. The van der Waals surface area contributed by atoms with Crippen molar-refractivity contribution in [3.05, 3.63) is 12.4 Å². The van der Waals surface area contributed by atoms with Crippen LogP contribution in [0.2, 0.25) is 0 Å². The summed E-state index contributed by atoms with van der Waals surface area (Å²) >= 11 is 0. The summed E-state index contributed by atoms with van der Waals surface area (Å²) in [6, 6.07) is 0. The van der Waals surface area contributed by atoms with Gasteiger partial charge in [0.25, 0.3) is 0 Å². The van der Waals surface area contributed by atoms with Gasteiger partial charge in [-0.05, 0) is 39.5 Å². The van der Waals surface area contributed by atoms with Crippen molar-refractivity contribution in [1.29, 1.82) is 0 Å². The van der Waals surface area contributed by atoms with E-state index >= 15 is 0 Å². The maximum absolute atomic E-state index is 11.7. The zero-order valence-electron chi connectivity index (χ0n) is 13.4. The molecule has 0 aliphatic carbocycles. The predicted octanol–water partition coefficient (Wildman–Crippen LogP) is 1.92. The monoisotopic (exact) mass is 308 g/mol. The Hall–Kier alpha value is -2.05. The lowest BCUT2D eigenvalue weighted by Gasteiger charge is -2.32. The van der Waals surface area contributed by atoms with Crippen LogP contribution in [0.5, 0.6) is 5.75 Å². The zero-order chi connectivity index (χ0) is 16.2. The average molecular weight is 308 g/mol. The first-order valence-corrected chi connectivity index (χ1v) is 7.56. The number of nitrogens with one attached hydrogen (secondary N) is 1. The molecule has 0 radical (unpaired) electrons. The van der Waals surface area contributed by atoms with E-state index in [1.807, 2.05) is 20.8 Å². The molecule has 7 nitrogen and oxygen atoms in total. The Morgan fingerprint density at radius 1 is 1.45 bits per heavy atom. The molecular formula is C15H24N4O3. The van der Waals surface area contributed by atoms with Gasteiger partial charge in [-0.3, -0.25) is 0 Å². The van der Waals surface area contributed by atoms with E-state index in [-0.39, 0.29) is 11.8 Å². The molecule has 0 bridgehead atoms. The maximum atomic E-state index is 11.7. The van der Waals surface area contributed by atoms with Crippen LogP contribution in [0.3, 0.4) is 0 Å². The third kappa shape index (κ3) is 5.05. The highest BCUT2D eigenvalue weighted by Crippen LogP contribution is 2.20. The fourth-order valence-electron chi connectivity index (χ4n) is 2.43. The minimum Gasteiger partial charge on any atom is -0.505 e. The van der Waals surface area contributed by atoms with Gasteiger partial charge in [-0.2, -0.15) is 0 Å². The highest BCUT2D eigenvalue weighted by atomic mass is 16.6. The third-order valence-corrected chi connectivity index (χ3v) is 3.36. The molecule has 1 aromatic rings. The minimum atomic E-state index is -0.484. The van der Waals surface area contributed by atoms with Crippen molar-refractivity contribution < 1.29 is 14.6 Å². The first kappa shape index (κ1) is 16.3. The summed E-state index contributed by atoms with van der Waals surface area (Å²) in [4.78, 5) is 22.0. The van der Waals surface area contributed by atoms with Gasteiger partial charge in [0.05, 0.1) is 12.4 Å². The fraction of sp³-hybridized carbons (Fsp3) is 0.667. The largest absolute Gasteiger partial charge is 0.505 e. The molecular weight excluding hydrogens is 284 g/mol. The second kappa shape index (κ2) is 6.81. The fourth-order valence-corrected chi connectivity index (χ4v) is 2.43. The summed E-state index contributed by atoms with van der Waals surface area (Å²) in [6.45, 7) is 7.77. The van der Waals surface area contributed by atoms with Crippen molar-refractivity contribution in [3.63, 3.8) is 0 Å². The second-order valence-corrected chi connectivity index (χ2v) is 6.58. The van der Waals surface area contributed by atoms with Crippen LogP contribution >= 0.6 is 0 Å². The van der Waals surface area contributed by atoms with Crippen LogP contribution in [0.1, 0.15) is 33.6 Å². The van der Waals surface area contributed by atoms with Crippen molar-refractivity contribution in [3.8, 4) is 5.75 Å². The van der Waals surface area contributed by atoms with Crippen molar-refractivity contribution in [2.45, 2.75) is 39.2 Å². The molecule has 0 unspecified atom stereocenters. The van der Waals surface area contributed by atoms with E-state index in [0.29, 0.717) is 18.4 Å². The Bertz CT molecular complexity index is 499. The lowest BCUT2D eigenvalue weighted by Crippen LogP contribution is -2.42. The van der Waals surface area contributed by atoms with Crippen LogP contribution in [0, 0.1) is 5.92 Å². The number of rotatable bonds is 3. The van der Waals surface area contributed by atoms with Crippen molar-refractivity contribution in [1.82, 2.24) is 15.3 Å². The summed E-state index contributed by atoms with van der Waals surface area (Å²) in [5.74, 6) is 1.00. The first-order valence-electron chi connectivity index (χ1n) is 7.56. The number of nitrogens with zero attached hydrogens (tertiary/aromatic N) is 3. The van der Waals surface area contributed by atoms with E-state index in [2.05, 4.69) is 20.2 Å². The van der Waals surface area contributed by atoms with Crippen LogP contribution in [0.25, 0.3) is 0 Å². The van der Waals surface area contributed by atoms with Gasteiger partial charge in [0.2, 0.25) is 5.95 Å². The predicted molar refractivity (Wildman–Crippen MR) is 82.9 cm³/mol. The summed E-state index contributed by atoms with van der Waals surface area (Å²) in [5, 5.41) is 12.1. The van der Waals surface area contributed by atoms with Crippen molar-refractivity contribution in [2.75, 3.05) is 24.5 Å². The number of hydrogen-bond donors (Lipinski definition) is 2. The number of alkyl carbamates (subject to hydrolysis) is 1. The van der Waals surface area contributed by atoms with Gasteiger partial charge in [0, 0.05) is 19.6 Å². The Balaban J connectivity index is 1.83. The van der Waals surface area contributed by atoms with Gasteiger partial charge in [0.1, 0.15) is 5.60 Å². The quantitative estimate of drug-likeness (QED) is 0.887. The number of piperidine rings is 1. The van der Waals surface area contributed by atoms with Gasteiger partial charge >= 0.3 is 6.09 Å². The number of aromatic hydroxyl groups is 1. The van der Waals surface area contributed by atoms with Gasteiger partial charge in [-0.25, -0.2) is 14.8 Å². The molecule has 1 fully saturated rings. The molecule has 1 aliphatic heterocycles.